The van der Waals surface area contributed by atoms with Gasteiger partial charge in [0, 0.05) is 11.6 Å². The Labute approximate surface area is 99.0 Å². The van der Waals surface area contributed by atoms with Crippen LogP contribution in [0, 0.1) is 12.7 Å². The topological polar surface area (TPSA) is 12.9 Å². The molecule has 0 bridgehead atoms. The summed E-state index contributed by atoms with van der Waals surface area (Å²) in [5.74, 6) is -1.03. The third-order valence-electron chi connectivity index (χ3n) is 2.36. The predicted octanol–water partition coefficient (Wildman–Crippen LogP) is 4.35. The second-order valence-corrected chi connectivity index (χ2v) is 3.99. The van der Waals surface area contributed by atoms with Crippen LogP contribution in [0.1, 0.15) is 11.1 Å². The lowest BCUT2D eigenvalue weighted by Crippen LogP contribution is -2.06. The molecule has 2 aromatic rings. The van der Waals surface area contributed by atoms with Crippen LogP contribution in [-0.4, -0.2) is 4.98 Å². The normalized spacial score (nSPS) is 12.1. The summed E-state index contributed by atoms with van der Waals surface area (Å²) in [4.78, 5) is 3.74. The van der Waals surface area contributed by atoms with Gasteiger partial charge in [-0.25, -0.2) is 4.39 Å². The number of fused-ring (bicyclic) bond motifs is 1. The summed E-state index contributed by atoms with van der Waals surface area (Å²) >= 11 is 5.85. The van der Waals surface area contributed by atoms with Gasteiger partial charge in [0.25, 0.3) is 0 Å². The number of aromatic nitrogens is 1. The van der Waals surface area contributed by atoms with E-state index in [-0.39, 0.29) is 15.9 Å². The van der Waals surface area contributed by atoms with Crippen molar-refractivity contribution in [2.24, 2.45) is 0 Å². The zero-order valence-corrected chi connectivity index (χ0v) is 9.33. The van der Waals surface area contributed by atoms with Gasteiger partial charge in [0.05, 0.1) is 10.6 Å². The number of alkyl halides is 3. The number of pyridine rings is 1. The number of hydrogen-bond acceptors (Lipinski definition) is 1. The summed E-state index contributed by atoms with van der Waals surface area (Å²) < 4.78 is 51.0. The lowest BCUT2D eigenvalue weighted by molar-refractivity contribution is -0.137. The predicted molar refractivity (Wildman–Crippen MR) is 56.5 cm³/mol. The highest BCUT2D eigenvalue weighted by atomic mass is 35.5. The molecule has 0 spiro atoms. The standard InChI is InChI=1S/C11H6ClF4N/c1-5-4-17-10-7(9(5)12)2-6(3-8(10)13)11(14,15)16/h2-4H,1H3. The zero-order chi connectivity index (χ0) is 12.8. The molecular formula is C11H6ClF4N. The first-order valence-corrected chi connectivity index (χ1v) is 5.00. The maximum atomic E-state index is 13.5. The summed E-state index contributed by atoms with van der Waals surface area (Å²) in [6.45, 7) is 1.59. The number of hydrogen-bond donors (Lipinski definition) is 0. The van der Waals surface area contributed by atoms with Gasteiger partial charge in [-0.1, -0.05) is 11.6 Å². The third kappa shape index (κ3) is 2.07. The quantitative estimate of drug-likeness (QED) is 0.644. The Morgan fingerprint density at radius 2 is 1.88 bits per heavy atom. The number of rotatable bonds is 0. The minimum absolute atomic E-state index is 0.0287. The Bertz CT molecular complexity index is 592. The van der Waals surface area contributed by atoms with Crippen molar-refractivity contribution < 1.29 is 17.6 Å². The first-order valence-electron chi connectivity index (χ1n) is 4.62. The number of aryl methyl sites for hydroxylation is 1. The Hall–Kier alpha value is -1.36. The Morgan fingerprint density at radius 1 is 1.24 bits per heavy atom. The van der Waals surface area contributed by atoms with Gasteiger partial charge in [0.2, 0.25) is 0 Å². The van der Waals surface area contributed by atoms with E-state index in [1.54, 1.807) is 6.92 Å². The molecule has 0 aliphatic heterocycles. The van der Waals surface area contributed by atoms with E-state index < -0.39 is 17.6 Å². The van der Waals surface area contributed by atoms with Crippen molar-refractivity contribution in [3.8, 4) is 0 Å². The second kappa shape index (κ2) is 3.84. The van der Waals surface area contributed by atoms with E-state index in [1.807, 2.05) is 0 Å². The molecule has 0 saturated heterocycles. The van der Waals surface area contributed by atoms with Gasteiger partial charge in [-0.2, -0.15) is 13.2 Å². The van der Waals surface area contributed by atoms with E-state index in [0.717, 1.165) is 6.07 Å². The van der Waals surface area contributed by atoms with Crippen LogP contribution >= 0.6 is 11.6 Å². The molecule has 17 heavy (non-hydrogen) atoms. The molecule has 1 aromatic heterocycles. The molecule has 0 fully saturated rings. The fourth-order valence-electron chi connectivity index (χ4n) is 1.49. The van der Waals surface area contributed by atoms with E-state index in [9.17, 15) is 17.6 Å². The molecule has 1 nitrogen and oxygen atoms in total. The van der Waals surface area contributed by atoms with Crippen molar-refractivity contribution in [3.05, 3.63) is 40.3 Å². The average molecular weight is 264 g/mol. The third-order valence-corrected chi connectivity index (χ3v) is 2.86. The average Bonchev–Trinajstić information content (AvgIpc) is 2.22. The molecule has 2 rings (SSSR count). The van der Waals surface area contributed by atoms with Crippen molar-refractivity contribution in [2.45, 2.75) is 13.1 Å². The van der Waals surface area contributed by atoms with Gasteiger partial charge in [0.1, 0.15) is 11.3 Å². The van der Waals surface area contributed by atoms with Crippen LogP contribution in [0.25, 0.3) is 10.9 Å². The lowest BCUT2D eigenvalue weighted by atomic mass is 10.1. The minimum atomic E-state index is -4.61. The SMILES string of the molecule is Cc1cnc2c(F)cc(C(F)(F)F)cc2c1Cl. The van der Waals surface area contributed by atoms with Crippen LogP contribution in [0.5, 0.6) is 0 Å². The van der Waals surface area contributed by atoms with Crippen LogP contribution in [0.15, 0.2) is 18.3 Å². The van der Waals surface area contributed by atoms with E-state index in [2.05, 4.69) is 4.98 Å². The van der Waals surface area contributed by atoms with Crippen molar-refractivity contribution >= 4 is 22.5 Å². The molecule has 0 saturated carbocycles. The van der Waals surface area contributed by atoms with E-state index in [0.29, 0.717) is 11.6 Å². The van der Waals surface area contributed by atoms with Gasteiger partial charge < -0.3 is 0 Å². The van der Waals surface area contributed by atoms with Gasteiger partial charge in [-0.3, -0.25) is 4.98 Å². The molecule has 0 unspecified atom stereocenters. The lowest BCUT2D eigenvalue weighted by Gasteiger charge is -2.10. The van der Waals surface area contributed by atoms with Crippen LogP contribution in [0.4, 0.5) is 17.6 Å². The van der Waals surface area contributed by atoms with E-state index >= 15 is 0 Å². The van der Waals surface area contributed by atoms with Crippen LogP contribution in [0.3, 0.4) is 0 Å². The molecule has 90 valence electrons. The van der Waals surface area contributed by atoms with Gasteiger partial charge in [-0.05, 0) is 24.6 Å². The maximum absolute atomic E-state index is 13.5. The summed E-state index contributed by atoms with van der Waals surface area (Å²) in [5, 5.41) is 0.0546. The monoisotopic (exact) mass is 263 g/mol. The van der Waals surface area contributed by atoms with Crippen molar-refractivity contribution in [3.63, 3.8) is 0 Å². The molecular weight excluding hydrogens is 258 g/mol. The van der Waals surface area contributed by atoms with E-state index in [1.165, 1.54) is 6.20 Å². The first kappa shape index (κ1) is 12.1. The Kier molecular flexibility index (Phi) is 2.73. The van der Waals surface area contributed by atoms with Gasteiger partial charge >= 0.3 is 6.18 Å². The first-order chi connectivity index (χ1) is 7.80. The zero-order valence-electron chi connectivity index (χ0n) is 8.57. The number of halogens is 5. The van der Waals surface area contributed by atoms with Crippen molar-refractivity contribution in [2.75, 3.05) is 0 Å². The molecule has 1 heterocycles. The molecule has 0 radical (unpaired) electrons. The second-order valence-electron chi connectivity index (χ2n) is 3.61. The molecule has 0 aliphatic rings. The highest BCUT2D eigenvalue weighted by molar-refractivity contribution is 6.36. The van der Waals surface area contributed by atoms with Gasteiger partial charge in [-0.15, -0.1) is 0 Å². The molecule has 0 atom stereocenters. The van der Waals surface area contributed by atoms with Crippen LogP contribution < -0.4 is 0 Å². The highest BCUT2D eigenvalue weighted by Gasteiger charge is 2.32. The van der Waals surface area contributed by atoms with Crippen LogP contribution in [0.2, 0.25) is 5.02 Å². The van der Waals surface area contributed by atoms with Crippen molar-refractivity contribution in [1.82, 2.24) is 4.98 Å². The summed E-state index contributed by atoms with van der Waals surface area (Å²) in [6, 6.07) is 1.22. The molecule has 0 amide bonds. The number of nitrogens with zero attached hydrogens (tertiary/aromatic N) is 1. The largest absolute Gasteiger partial charge is 0.416 e. The molecule has 6 heteroatoms. The summed E-state index contributed by atoms with van der Waals surface area (Å²) in [5.41, 5.74) is -0.733. The fraction of sp³-hybridized carbons (Fsp3) is 0.182. The fourth-order valence-corrected chi connectivity index (χ4v) is 1.68. The van der Waals surface area contributed by atoms with Crippen molar-refractivity contribution in [1.29, 1.82) is 0 Å². The van der Waals surface area contributed by atoms with Gasteiger partial charge in [0.15, 0.2) is 0 Å². The smallest absolute Gasteiger partial charge is 0.253 e. The molecule has 1 aromatic carbocycles. The molecule has 0 N–H and O–H groups in total. The van der Waals surface area contributed by atoms with E-state index in [4.69, 9.17) is 11.6 Å². The highest BCUT2D eigenvalue weighted by Crippen LogP contribution is 2.35. The Morgan fingerprint density at radius 3 is 2.47 bits per heavy atom. The van der Waals surface area contributed by atoms with Crippen LogP contribution in [-0.2, 0) is 6.18 Å². The molecule has 0 aliphatic carbocycles. The minimum Gasteiger partial charge on any atom is -0.253 e. The Balaban J connectivity index is 2.84. The maximum Gasteiger partial charge on any atom is 0.416 e. The summed E-state index contributed by atoms with van der Waals surface area (Å²) in [6.07, 6.45) is -3.29. The summed E-state index contributed by atoms with van der Waals surface area (Å²) in [7, 11) is 0. The number of benzene rings is 1.